The second-order valence-corrected chi connectivity index (χ2v) is 22.8. The molecule has 0 fully saturated rings. The summed E-state index contributed by atoms with van der Waals surface area (Å²) in [5, 5.41) is 14.3. The summed E-state index contributed by atoms with van der Waals surface area (Å²) in [4.78, 5) is 31.7. The maximum atomic E-state index is 16.0. The zero-order valence-corrected chi connectivity index (χ0v) is 46.4. The van der Waals surface area contributed by atoms with Crippen LogP contribution in [0, 0.1) is 0 Å². The summed E-state index contributed by atoms with van der Waals surface area (Å²) in [6.07, 6.45) is 11.1. The molecule has 2 atom stereocenters. The average molecular weight is 1040 g/mol. The zero-order valence-electron chi connectivity index (χ0n) is 46.4. The Hall–Kier alpha value is -8.60. The van der Waals surface area contributed by atoms with E-state index in [-0.39, 0.29) is 10.9 Å². The first-order chi connectivity index (χ1) is 39.4. The summed E-state index contributed by atoms with van der Waals surface area (Å²) in [6.45, 7) is 9.09. The van der Waals surface area contributed by atoms with E-state index in [1.165, 1.54) is 84.6 Å². The summed E-state index contributed by atoms with van der Waals surface area (Å²) >= 11 is 0. The van der Waals surface area contributed by atoms with E-state index in [2.05, 4.69) is 225 Å². The van der Waals surface area contributed by atoms with E-state index in [1.54, 1.807) is 0 Å². The normalized spacial score (nSPS) is 13.0. The van der Waals surface area contributed by atoms with Crippen molar-refractivity contribution >= 4 is 103 Å². The molecule has 80 heavy (non-hydrogen) atoms. The molecule has 0 radical (unpaired) electrons. The lowest BCUT2D eigenvalue weighted by Crippen LogP contribution is -2.14. The fraction of sp³-hybridized carbons (Fsp3) is 0.211. The highest BCUT2D eigenvalue weighted by atomic mass is 16.1. The molecule has 0 bridgehead atoms. The smallest absolute Gasteiger partial charge is 0.197 e. The minimum absolute atomic E-state index is 0.0313. The van der Waals surface area contributed by atoms with E-state index in [9.17, 15) is 0 Å². The van der Waals surface area contributed by atoms with Gasteiger partial charge in [0.25, 0.3) is 0 Å². The van der Waals surface area contributed by atoms with Crippen LogP contribution in [0.3, 0.4) is 0 Å². The fourth-order valence-corrected chi connectivity index (χ4v) is 14.2. The highest BCUT2D eigenvalue weighted by Crippen LogP contribution is 2.46. The number of nitrogens with zero attached hydrogens (tertiary/aromatic N) is 2. The van der Waals surface area contributed by atoms with Crippen LogP contribution in [0.2, 0.25) is 0 Å². The second kappa shape index (κ2) is 20.2. The van der Waals surface area contributed by atoms with E-state index in [4.69, 9.17) is 0 Å². The highest BCUT2D eigenvalue weighted by Gasteiger charge is 2.26. The molecule has 14 aromatic rings. The Labute approximate surface area is 466 Å². The predicted molar refractivity (Wildman–Crippen MR) is 343 cm³/mol. The Kier molecular flexibility index (Phi) is 12.6. The number of aromatic nitrogens is 2. The zero-order chi connectivity index (χ0) is 54.2. The van der Waals surface area contributed by atoms with Crippen molar-refractivity contribution < 1.29 is 0 Å². The van der Waals surface area contributed by atoms with Gasteiger partial charge in [-0.05, 0) is 181 Å². The standard InChI is InChI=1S/C76H66N2O2/c1-5-9-11-23-47(7-3)49-37-38-67-62(42-49)75(79)63-45-64-70(46-69(63)77(67)56-30-21-29-54(41-56)71-57-31-17-13-25-50(57)39-51-26-14-18-32-58(51)71)78-68-36-22-35-61(72-59-33-19-15-27-52(59)40-53-28-16-20-34-60(53)72)73(68)65-43-55(44-66(74(65)78)76(64)80)48(8-4)24-12-10-6-2/h13-22,25-48H,5-12,23-24H2,1-4H3. The molecule has 0 N–H and O–H groups in total. The Bertz CT molecular complexity index is 4800. The number of benzene rings is 11. The number of hydrogen-bond acceptors (Lipinski definition) is 2. The quantitative estimate of drug-likeness (QED) is 0.0758. The molecule has 0 saturated carbocycles. The van der Waals surface area contributed by atoms with Crippen molar-refractivity contribution in [2.45, 2.75) is 104 Å². The number of hydrogen-bond donors (Lipinski definition) is 0. The number of rotatable bonds is 15. The van der Waals surface area contributed by atoms with Gasteiger partial charge in [-0.25, -0.2) is 0 Å². The lowest BCUT2D eigenvalue weighted by Gasteiger charge is -2.21. The van der Waals surface area contributed by atoms with E-state index < -0.39 is 0 Å². The summed E-state index contributed by atoms with van der Waals surface area (Å²) in [6, 6.07) is 70.5. The second-order valence-electron chi connectivity index (χ2n) is 22.8. The minimum Gasteiger partial charge on any atom is -0.309 e. The summed E-state index contributed by atoms with van der Waals surface area (Å²) < 4.78 is 4.69. The van der Waals surface area contributed by atoms with Gasteiger partial charge in [-0.2, -0.15) is 0 Å². The first-order valence-corrected chi connectivity index (χ1v) is 29.6. The van der Waals surface area contributed by atoms with Crippen molar-refractivity contribution in [2.24, 2.45) is 0 Å². The highest BCUT2D eigenvalue weighted by molar-refractivity contribution is 6.26. The predicted octanol–water partition coefficient (Wildman–Crippen LogP) is 20.7. The van der Waals surface area contributed by atoms with Crippen molar-refractivity contribution in [3.63, 3.8) is 0 Å². The van der Waals surface area contributed by atoms with Crippen LogP contribution in [0.25, 0.3) is 131 Å². The molecule has 3 aromatic heterocycles. The Morgan fingerprint density at radius 2 is 0.900 bits per heavy atom. The molecule has 0 amide bonds. The lowest BCUT2D eigenvalue weighted by atomic mass is 9.87. The molecular formula is C76H66N2O2. The van der Waals surface area contributed by atoms with Crippen LogP contribution >= 0.6 is 0 Å². The van der Waals surface area contributed by atoms with Crippen molar-refractivity contribution in [1.82, 2.24) is 8.97 Å². The van der Waals surface area contributed by atoms with Gasteiger partial charge < -0.3 is 8.97 Å². The molecule has 4 heteroatoms. The van der Waals surface area contributed by atoms with E-state index >= 15 is 9.59 Å². The van der Waals surface area contributed by atoms with Crippen LogP contribution in [0.15, 0.2) is 204 Å². The van der Waals surface area contributed by atoms with Crippen molar-refractivity contribution in [2.75, 3.05) is 0 Å². The van der Waals surface area contributed by atoms with Gasteiger partial charge in [0.2, 0.25) is 0 Å². The Morgan fingerprint density at radius 1 is 0.375 bits per heavy atom. The monoisotopic (exact) mass is 1040 g/mol. The third kappa shape index (κ3) is 7.93. The topological polar surface area (TPSA) is 43.5 Å². The Balaban J connectivity index is 1.12. The van der Waals surface area contributed by atoms with Gasteiger partial charge in [-0.1, -0.05) is 194 Å². The molecule has 0 aliphatic heterocycles. The van der Waals surface area contributed by atoms with E-state index in [1.807, 2.05) is 6.07 Å². The molecule has 2 unspecified atom stereocenters. The van der Waals surface area contributed by atoms with E-state index in [0.717, 1.165) is 100 Å². The average Bonchev–Trinajstić information content (AvgIpc) is 4.06. The first-order valence-electron chi connectivity index (χ1n) is 29.6. The van der Waals surface area contributed by atoms with Gasteiger partial charge in [0.1, 0.15) is 0 Å². The van der Waals surface area contributed by atoms with Gasteiger partial charge in [0.05, 0.1) is 27.6 Å². The molecule has 3 heterocycles. The molecule has 0 saturated heterocycles. The summed E-state index contributed by atoms with van der Waals surface area (Å²) in [5.41, 5.74) is 12.3. The lowest BCUT2D eigenvalue weighted by molar-refractivity contribution is 0.554. The third-order valence-electron chi connectivity index (χ3n) is 18.2. The van der Waals surface area contributed by atoms with E-state index in [0.29, 0.717) is 33.4 Å². The molecule has 0 aliphatic carbocycles. The van der Waals surface area contributed by atoms with Crippen LogP contribution < -0.4 is 10.9 Å². The van der Waals surface area contributed by atoms with Crippen LogP contribution in [0.5, 0.6) is 0 Å². The van der Waals surface area contributed by atoms with Crippen LogP contribution in [0.4, 0.5) is 0 Å². The molecule has 11 aromatic carbocycles. The molecule has 4 nitrogen and oxygen atoms in total. The largest absolute Gasteiger partial charge is 0.309 e. The Morgan fingerprint density at radius 3 is 1.51 bits per heavy atom. The molecule has 392 valence electrons. The molecule has 14 rings (SSSR count). The van der Waals surface area contributed by atoms with Gasteiger partial charge in [0, 0.05) is 38.0 Å². The van der Waals surface area contributed by atoms with Gasteiger partial charge in [-0.3, -0.25) is 9.59 Å². The first kappa shape index (κ1) is 49.7. The van der Waals surface area contributed by atoms with Crippen LogP contribution in [-0.4, -0.2) is 8.97 Å². The molecule has 0 aliphatic rings. The van der Waals surface area contributed by atoms with Gasteiger partial charge in [-0.15, -0.1) is 0 Å². The minimum atomic E-state index is -0.0440. The number of pyridine rings is 2. The molecular weight excluding hydrogens is 973 g/mol. The summed E-state index contributed by atoms with van der Waals surface area (Å²) in [5.74, 6) is 0.629. The van der Waals surface area contributed by atoms with Crippen molar-refractivity contribution in [3.8, 4) is 27.9 Å². The SMILES string of the molecule is CCCCCC(CC)c1ccc2c(c1)c(=O)c1cc3c(=O)c4cc(C(CC)CCCCC)cc5c6c(-c7c8ccccc8cc8ccccc78)cccc6n(c3cc1n2-c1cccc(-c2c3ccccc3cc3ccccc23)c1)c45. The van der Waals surface area contributed by atoms with Crippen molar-refractivity contribution in [3.05, 3.63) is 226 Å². The van der Waals surface area contributed by atoms with Crippen LogP contribution in [0.1, 0.15) is 115 Å². The van der Waals surface area contributed by atoms with Gasteiger partial charge in [0.15, 0.2) is 10.9 Å². The number of unbranched alkanes of at least 4 members (excludes halogenated alkanes) is 4. The number of fused-ring (bicyclic) bond motifs is 11. The fourth-order valence-electron chi connectivity index (χ4n) is 14.2. The van der Waals surface area contributed by atoms with Crippen LogP contribution in [-0.2, 0) is 0 Å². The van der Waals surface area contributed by atoms with Crippen molar-refractivity contribution in [1.29, 1.82) is 0 Å². The summed E-state index contributed by atoms with van der Waals surface area (Å²) in [7, 11) is 0. The molecule has 0 spiro atoms. The maximum absolute atomic E-state index is 16.0. The van der Waals surface area contributed by atoms with Gasteiger partial charge >= 0.3 is 0 Å². The maximum Gasteiger partial charge on any atom is 0.197 e. The third-order valence-corrected chi connectivity index (χ3v) is 18.2.